The molecule has 1 aromatic carbocycles. The van der Waals surface area contributed by atoms with Gasteiger partial charge in [-0.25, -0.2) is 13.6 Å². The van der Waals surface area contributed by atoms with E-state index in [1.165, 1.54) is 12.8 Å². The third-order valence-corrected chi connectivity index (χ3v) is 4.38. The molecule has 94 valence electrons. The molecule has 3 N–H and O–H groups in total. The van der Waals surface area contributed by atoms with E-state index in [4.69, 9.17) is 5.14 Å². The van der Waals surface area contributed by atoms with Gasteiger partial charge in [0.25, 0.3) is 0 Å². The van der Waals surface area contributed by atoms with Gasteiger partial charge in [0.05, 0.1) is 4.90 Å². The number of anilines is 1. The molecule has 1 saturated carbocycles. The Hall–Kier alpha value is -1.07. The highest BCUT2D eigenvalue weighted by Gasteiger charge is 2.24. The van der Waals surface area contributed by atoms with Gasteiger partial charge < -0.3 is 5.32 Å². The van der Waals surface area contributed by atoms with E-state index in [2.05, 4.69) is 5.32 Å². The molecule has 1 aromatic rings. The van der Waals surface area contributed by atoms with E-state index in [-0.39, 0.29) is 4.90 Å². The molecule has 0 aliphatic heterocycles. The second kappa shape index (κ2) is 4.66. The van der Waals surface area contributed by atoms with Gasteiger partial charge in [0.1, 0.15) is 0 Å². The number of hydrogen-bond acceptors (Lipinski definition) is 3. The molecule has 0 bridgehead atoms. The second-order valence-corrected chi connectivity index (χ2v) is 6.06. The fraction of sp³-hybridized carbons (Fsp3) is 0.500. The van der Waals surface area contributed by atoms with Crippen molar-refractivity contribution in [3.05, 3.63) is 23.8 Å². The van der Waals surface area contributed by atoms with E-state index in [0.29, 0.717) is 5.92 Å². The predicted molar refractivity (Wildman–Crippen MR) is 68.6 cm³/mol. The summed E-state index contributed by atoms with van der Waals surface area (Å²) in [4.78, 5) is 0.281. The van der Waals surface area contributed by atoms with Crippen molar-refractivity contribution in [3.8, 4) is 0 Å². The molecule has 4 nitrogen and oxygen atoms in total. The average Bonchev–Trinajstić information content (AvgIpc) is 2.80. The SMILES string of the molecule is CNc1ccc(S(N)(=O)=O)c(C2CCCC2)c1. The van der Waals surface area contributed by atoms with Crippen LogP contribution in [-0.4, -0.2) is 15.5 Å². The molecule has 5 heteroatoms. The molecule has 2 rings (SSSR count). The third kappa shape index (κ3) is 2.61. The van der Waals surface area contributed by atoms with Crippen LogP contribution in [0.25, 0.3) is 0 Å². The summed E-state index contributed by atoms with van der Waals surface area (Å²) >= 11 is 0. The molecule has 0 radical (unpaired) electrons. The van der Waals surface area contributed by atoms with Crippen LogP contribution in [0.2, 0.25) is 0 Å². The van der Waals surface area contributed by atoms with Gasteiger partial charge in [-0.1, -0.05) is 12.8 Å². The average molecular weight is 254 g/mol. The van der Waals surface area contributed by atoms with Crippen LogP contribution in [0.5, 0.6) is 0 Å². The summed E-state index contributed by atoms with van der Waals surface area (Å²) in [7, 11) is -1.80. The van der Waals surface area contributed by atoms with Crippen LogP contribution in [0.15, 0.2) is 23.1 Å². The van der Waals surface area contributed by atoms with Crippen molar-refractivity contribution < 1.29 is 8.42 Å². The maximum absolute atomic E-state index is 11.6. The van der Waals surface area contributed by atoms with E-state index >= 15 is 0 Å². The monoisotopic (exact) mass is 254 g/mol. The van der Waals surface area contributed by atoms with Crippen molar-refractivity contribution >= 4 is 15.7 Å². The maximum Gasteiger partial charge on any atom is 0.238 e. The number of nitrogens with two attached hydrogens (primary N) is 1. The molecule has 0 unspecified atom stereocenters. The minimum absolute atomic E-state index is 0.281. The van der Waals surface area contributed by atoms with Crippen LogP contribution >= 0.6 is 0 Å². The van der Waals surface area contributed by atoms with Crippen LogP contribution in [0.1, 0.15) is 37.2 Å². The number of benzene rings is 1. The highest BCUT2D eigenvalue weighted by atomic mass is 32.2. The van der Waals surface area contributed by atoms with Crippen molar-refractivity contribution in [3.63, 3.8) is 0 Å². The summed E-state index contributed by atoms with van der Waals surface area (Å²) < 4.78 is 23.1. The smallest absolute Gasteiger partial charge is 0.238 e. The summed E-state index contributed by atoms with van der Waals surface area (Å²) in [6.07, 6.45) is 4.43. The van der Waals surface area contributed by atoms with E-state index in [0.717, 1.165) is 24.1 Å². The standard InChI is InChI=1S/C12H18N2O2S/c1-14-10-6-7-12(17(13,15)16)11(8-10)9-4-2-3-5-9/h6-9,14H,2-5H2,1H3,(H2,13,15,16). The first-order valence-electron chi connectivity index (χ1n) is 5.87. The lowest BCUT2D eigenvalue weighted by Crippen LogP contribution is -2.15. The minimum atomic E-state index is -3.62. The fourth-order valence-corrected chi connectivity index (χ4v) is 3.33. The molecule has 0 amide bonds. The van der Waals surface area contributed by atoms with Gasteiger partial charge in [0.15, 0.2) is 0 Å². The topological polar surface area (TPSA) is 72.2 Å². The Balaban J connectivity index is 2.51. The Labute approximate surface area is 102 Å². The van der Waals surface area contributed by atoms with Crippen LogP contribution < -0.4 is 10.5 Å². The largest absolute Gasteiger partial charge is 0.388 e. The first kappa shape index (κ1) is 12.4. The quantitative estimate of drug-likeness (QED) is 0.867. The lowest BCUT2D eigenvalue weighted by atomic mass is 9.97. The molecule has 1 aliphatic rings. The van der Waals surface area contributed by atoms with Gasteiger partial charge in [-0.05, 0) is 42.5 Å². The van der Waals surface area contributed by atoms with Gasteiger partial charge in [-0.3, -0.25) is 0 Å². The highest BCUT2D eigenvalue weighted by Crippen LogP contribution is 2.38. The normalized spacial score (nSPS) is 17.3. The van der Waals surface area contributed by atoms with Crippen LogP contribution in [0, 0.1) is 0 Å². The summed E-state index contributed by atoms with van der Waals surface area (Å²) in [5.41, 5.74) is 1.80. The number of nitrogens with one attached hydrogen (secondary N) is 1. The van der Waals surface area contributed by atoms with E-state index in [1.807, 2.05) is 13.1 Å². The summed E-state index contributed by atoms with van der Waals surface area (Å²) in [6, 6.07) is 5.27. The lowest BCUT2D eigenvalue weighted by Gasteiger charge is -2.15. The molecule has 0 saturated heterocycles. The fourth-order valence-electron chi connectivity index (χ4n) is 2.52. The lowest BCUT2D eigenvalue weighted by molar-refractivity contribution is 0.593. The first-order chi connectivity index (χ1) is 8.02. The number of rotatable bonds is 3. The van der Waals surface area contributed by atoms with E-state index in [9.17, 15) is 8.42 Å². The zero-order valence-corrected chi connectivity index (χ0v) is 10.8. The summed E-state index contributed by atoms with van der Waals surface area (Å²) in [5, 5.41) is 8.30. The Kier molecular flexibility index (Phi) is 3.40. The molecule has 0 heterocycles. The number of hydrogen-bond donors (Lipinski definition) is 2. The third-order valence-electron chi connectivity index (χ3n) is 3.40. The van der Waals surface area contributed by atoms with Crippen LogP contribution in [0.4, 0.5) is 5.69 Å². The van der Waals surface area contributed by atoms with Crippen molar-refractivity contribution in [2.24, 2.45) is 5.14 Å². The van der Waals surface area contributed by atoms with Crippen molar-refractivity contribution in [1.29, 1.82) is 0 Å². The van der Waals surface area contributed by atoms with Gasteiger partial charge in [0.2, 0.25) is 10.0 Å². The Bertz CT molecular complexity index is 505. The van der Waals surface area contributed by atoms with Crippen molar-refractivity contribution in [1.82, 2.24) is 0 Å². The van der Waals surface area contributed by atoms with Crippen molar-refractivity contribution in [2.45, 2.75) is 36.5 Å². The second-order valence-electron chi connectivity index (χ2n) is 4.53. The molecule has 0 aromatic heterocycles. The first-order valence-corrected chi connectivity index (χ1v) is 7.41. The molecule has 1 aliphatic carbocycles. The Morgan fingerprint density at radius 1 is 1.29 bits per heavy atom. The zero-order chi connectivity index (χ0) is 12.5. The van der Waals surface area contributed by atoms with Gasteiger partial charge >= 0.3 is 0 Å². The van der Waals surface area contributed by atoms with Gasteiger partial charge in [0, 0.05) is 12.7 Å². The molecule has 1 fully saturated rings. The molecule has 0 atom stereocenters. The molecular formula is C12H18N2O2S. The number of sulfonamides is 1. The van der Waals surface area contributed by atoms with E-state index in [1.54, 1.807) is 12.1 Å². The van der Waals surface area contributed by atoms with Gasteiger partial charge in [-0.15, -0.1) is 0 Å². The maximum atomic E-state index is 11.6. The predicted octanol–water partition coefficient (Wildman–Crippen LogP) is 2.03. The summed E-state index contributed by atoms with van der Waals surface area (Å²) in [6.45, 7) is 0. The van der Waals surface area contributed by atoms with E-state index < -0.39 is 10.0 Å². The van der Waals surface area contributed by atoms with Crippen LogP contribution in [0.3, 0.4) is 0 Å². The molecule has 0 spiro atoms. The van der Waals surface area contributed by atoms with Gasteiger partial charge in [-0.2, -0.15) is 0 Å². The minimum Gasteiger partial charge on any atom is -0.388 e. The molecular weight excluding hydrogens is 236 g/mol. The Morgan fingerprint density at radius 3 is 2.47 bits per heavy atom. The number of primary sulfonamides is 1. The zero-order valence-electron chi connectivity index (χ0n) is 9.94. The van der Waals surface area contributed by atoms with Crippen LogP contribution in [-0.2, 0) is 10.0 Å². The van der Waals surface area contributed by atoms with Crippen molar-refractivity contribution in [2.75, 3.05) is 12.4 Å². The molecule has 17 heavy (non-hydrogen) atoms. The Morgan fingerprint density at radius 2 is 1.94 bits per heavy atom. The highest BCUT2D eigenvalue weighted by molar-refractivity contribution is 7.89. The summed E-state index contributed by atoms with van der Waals surface area (Å²) in [5.74, 6) is 0.330.